The second-order valence-corrected chi connectivity index (χ2v) is 19.3. The Morgan fingerprint density at radius 3 is 0.933 bits per heavy atom. The molecule has 358 valence electrons. The first-order valence-corrected chi connectivity index (χ1v) is 27.0. The van der Waals surface area contributed by atoms with Gasteiger partial charge in [0.05, 0.1) is 13.2 Å². The predicted molar refractivity (Wildman–Crippen MR) is 262 cm³/mol. The van der Waals surface area contributed by atoms with Gasteiger partial charge < -0.3 is 19.3 Å². The van der Waals surface area contributed by atoms with Crippen LogP contribution in [0, 0.1) is 11.8 Å². The first-order chi connectivity index (χ1) is 29.4. The van der Waals surface area contributed by atoms with Crippen molar-refractivity contribution in [2.24, 2.45) is 11.8 Å². The summed E-state index contributed by atoms with van der Waals surface area (Å²) in [6.07, 6.45) is 46.8. The second kappa shape index (κ2) is 47.3. The zero-order chi connectivity index (χ0) is 44.0. The summed E-state index contributed by atoms with van der Waals surface area (Å²) in [4.78, 5) is 30.4. The number of likely N-dealkylation sites (N-methyl/N-ethyl adjacent to an activating group) is 1. The summed E-state index contributed by atoms with van der Waals surface area (Å²) in [6, 6.07) is 0. The van der Waals surface area contributed by atoms with Gasteiger partial charge in [0.25, 0.3) is 0 Å². The lowest BCUT2D eigenvalue weighted by Gasteiger charge is -2.24. The van der Waals surface area contributed by atoms with E-state index in [1.54, 1.807) is 0 Å². The molecule has 0 aliphatic carbocycles. The first kappa shape index (κ1) is 58.9. The van der Waals surface area contributed by atoms with Crippen molar-refractivity contribution in [1.29, 1.82) is 0 Å². The second-order valence-electron chi connectivity index (χ2n) is 19.3. The van der Waals surface area contributed by atoms with Crippen LogP contribution in [-0.2, 0) is 19.1 Å². The van der Waals surface area contributed by atoms with E-state index in [0.29, 0.717) is 37.9 Å². The van der Waals surface area contributed by atoms with E-state index in [1.807, 2.05) is 0 Å². The van der Waals surface area contributed by atoms with Crippen molar-refractivity contribution < 1.29 is 19.1 Å². The van der Waals surface area contributed by atoms with E-state index in [2.05, 4.69) is 51.6 Å². The van der Waals surface area contributed by atoms with Crippen LogP contribution in [0.2, 0.25) is 0 Å². The van der Waals surface area contributed by atoms with Crippen molar-refractivity contribution in [3.8, 4) is 0 Å². The summed E-state index contributed by atoms with van der Waals surface area (Å²) in [5.74, 6) is 1.07. The Kier molecular flexibility index (Phi) is 46.4. The number of rotatable bonds is 49. The van der Waals surface area contributed by atoms with Gasteiger partial charge in [0, 0.05) is 25.9 Å². The van der Waals surface area contributed by atoms with Gasteiger partial charge in [0.2, 0.25) is 0 Å². The quantitative estimate of drug-likeness (QED) is 0.0449. The summed E-state index contributed by atoms with van der Waals surface area (Å²) in [5, 5.41) is 0. The smallest absolute Gasteiger partial charge is 0.305 e. The van der Waals surface area contributed by atoms with Crippen LogP contribution in [-0.4, -0.2) is 75.2 Å². The predicted octanol–water partition coefficient (Wildman–Crippen LogP) is 16.1. The molecule has 0 fully saturated rings. The minimum Gasteiger partial charge on any atom is -0.465 e. The van der Waals surface area contributed by atoms with Gasteiger partial charge in [-0.25, -0.2) is 0 Å². The topological polar surface area (TPSA) is 59.1 Å². The molecule has 0 aromatic heterocycles. The maximum absolute atomic E-state index is 12.8. The standard InChI is InChI=1S/C54H108N2O4/c1-7-11-15-19-23-24-28-34-42-52(41-33-27-22-18-14-10-4)50-60-54(58)44-36-30-38-46-56(48-47-55(5)6)45-37-29-35-43-53(57)59-49-51(39-31-25-20-16-12-8-2)40-32-26-21-17-13-9-3/h51-52H,7-50H2,1-6H3. The molecule has 0 aromatic carbocycles. The Bertz CT molecular complexity index is 866. The molecule has 0 aliphatic heterocycles. The van der Waals surface area contributed by atoms with Crippen molar-refractivity contribution in [3.63, 3.8) is 0 Å². The number of carbonyl (C=O) groups is 2. The molecule has 0 aromatic rings. The monoisotopic (exact) mass is 849 g/mol. The Hall–Kier alpha value is -1.14. The van der Waals surface area contributed by atoms with Crippen LogP contribution in [0.25, 0.3) is 0 Å². The maximum atomic E-state index is 12.8. The van der Waals surface area contributed by atoms with Crippen molar-refractivity contribution >= 4 is 11.9 Å². The van der Waals surface area contributed by atoms with Crippen LogP contribution in [0.5, 0.6) is 0 Å². The van der Waals surface area contributed by atoms with E-state index in [4.69, 9.17) is 9.47 Å². The number of ether oxygens (including phenoxy) is 2. The highest BCUT2D eigenvalue weighted by Crippen LogP contribution is 2.22. The molecule has 0 amide bonds. The van der Waals surface area contributed by atoms with Crippen molar-refractivity contribution in [2.75, 3.05) is 53.5 Å². The van der Waals surface area contributed by atoms with Crippen LogP contribution in [0.15, 0.2) is 0 Å². The molecule has 0 spiro atoms. The largest absolute Gasteiger partial charge is 0.465 e. The number of hydrogen-bond donors (Lipinski definition) is 0. The molecule has 0 saturated carbocycles. The van der Waals surface area contributed by atoms with Gasteiger partial charge in [0.15, 0.2) is 0 Å². The summed E-state index contributed by atoms with van der Waals surface area (Å²) in [6.45, 7) is 14.6. The zero-order valence-corrected chi connectivity index (χ0v) is 41.8. The number of hydrogen-bond acceptors (Lipinski definition) is 6. The third-order valence-corrected chi connectivity index (χ3v) is 12.9. The van der Waals surface area contributed by atoms with Gasteiger partial charge in [-0.3, -0.25) is 9.59 Å². The molecule has 0 bridgehead atoms. The van der Waals surface area contributed by atoms with Crippen LogP contribution in [0.4, 0.5) is 0 Å². The molecular weight excluding hydrogens is 741 g/mol. The molecule has 0 rings (SSSR count). The molecule has 6 heteroatoms. The lowest BCUT2D eigenvalue weighted by molar-refractivity contribution is -0.146. The van der Waals surface area contributed by atoms with E-state index in [1.165, 1.54) is 193 Å². The summed E-state index contributed by atoms with van der Waals surface area (Å²) in [5.41, 5.74) is 0. The maximum Gasteiger partial charge on any atom is 0.305 e. The molecule has 0 aliphatic rings. The molecule has 0 saturated heterocycles. The van der Waals surface area contributed by atoms with Crippen LogP contribution in [0.1, 0.15) is 272 Å². The lowest BCUT2D eigenvalue weighted by Crippen LogP contribution is -2.33. The highest BCUT2D eigenvalue weighted by Gasteiger charge is 2.15. The van der Waals surface area contributed by atoms with Gasteiger partial charge >= 0.3 is 11.9 Å². The number of esters is 2. The fraction of sp³-hybridized carbons (Fsp3) is 0.963. The number of nitrogens with zero attached hydrogens (tertiary/aromatic N) is 2. The van der Waals surface area contributed by atoms with Crippen LogP contribution >= 0.6 is 0 Å². The fourth-order valence-electron chi connectivity index (χ4n) is 8.63. The molecule has 1 atom stereocenters. The summed E-state index contributed by atoms with van der Waals surface area (Å²) >= 11 is 0. The number of carbonyl (C=O) groups excluding carboxylic acids is 2. The minimum absolute atomic E-state index is 0.00528. The van der Waals surface area contributed by atoms with Crippen LogP contribution < -0.4 is 0 Å². The molecule has 6 nitrogen and oxygen atoms in total. The molecule has 0 N–H and O–H groups in total. The fourth-order valence-corrected chi connectivity index (χ4v) is 8.63. The zero-order valence-electron chi connectivity index (χ0n) is 41.8. The highest BCUT2D eigenvalue weighted by atomic mass is 16.5. The molecular formula is C54H108N2O4. The van der Waals surface area contributed by atoms with Gasteiger partial charge in [-0.2, -0.15) is 0 Å². The van der Waals surface area contributed by atoms with Crippen molar-refractivity contribution in [2.45, 2.75) is 272 Å². The molecule has 0 heterocycles. The minimum atomic E-state index is 0.00528. The van der Waals surface area contributed by atoms with Gasteiger partial charge in [-0.1, -0.05) is 207 Å². The highest BCUT2D eigenvalue weighted by molar-refractivity contribution is 5.69. The van der Waals surface area contributed by atoms with Crippen molar-refractivity contribution in [3.05, 3.63) is 0 Å². The average Bonchev–Trinajstić information content (AvgIpc) is 3.24. The first-order valence-electron chi connectivity index (χ1n) is 27.0. The lowest BCUT2D eigenvalue weighted by atomic mass is 9.94. The Morgan fingerprint density at radius 1 is 0.350 bits per heavy atom. The SMILES string of the molecule is CCCCCCCCCCC(CCCCCCCC)COC(=O)CCCCCN(CCCCCC(=O)OCC(CCCCCCCC)CCCCCCCC)CCN(C)C. The molecule has 0 radical (unpaired) electrons. The Morgan fingerprint density at radius 2 is 0.633 bits per heavy atom. The Labute approximate surface area is 376 Å². The summed E-state index contributed by atoms with van der Waals surface area (Å²) < 4.78 is 11.8. The van der Waals surface area contributed by atoms with Gasteiger partial charge in [0.1, 0.15) is 0 Å². The molecule has 1 unspecified atom stereocenters. The van der Waals surface area contributed by atoms with Gasteiger partial charge in [-0.05, 0) is 90.4 Å². The third kappa shape index (κ3) is 43.5. The van der Waals surface area contributed by atoms with E-state index in [9.17, 15) is 9.59 Å². The van der Waals surface area contributed by atoms with Gasteiger partial charge in [-0.15, -0.1) is 0 Å². The summed E-state index contributed by atoms with van der Waals surface area (Å²) in [7, 11) is 4.30. The van der Waals surface area contributed by atoms with Crippen molar-refractivity contribution in [1.82, 2.24) is 9.80 Å². The normalized spacial score (nSPS) is 12.3. The van der Waals surface area contributed by atoms with E-state index >= 15 is 0 Å². The number of unbranched alkanes of at least 4 members (excludes halogenated alkanes) is 26. The van der Waals surface area contributed by atoms with Crippen LogP contribution in [0.3, 0.4) is 0 Å². The van der Waals surface area contributed by atoms with E-state index in [0.717, 1.165) is 64.7 Å². The third-order valence-electron chi connectivity index (χ3n) is 12.9. The van der Waals surface area contributed by atoms with E-state index < -0.39 is 0 Å². The average molecular weight is 849 g/mol. The van der Waals surface area contributed by atoms with E-state index in [-0.39, 0.29) is 11.9 Å². The Balaban J connectivity index is 4.49. The molecule has 60 heavy (non-hydrogen) atoms.